The first kappa shape index (κ1) is 17.7. The fourth-order valence-electron chi connectivity index (χ4n) is 2.26. The fourth-order valence-corrected chi connectivity index (χ4v) is 2.26. The highest BCUT2D eigenvalue weighted by atomic mass is 16.5. The van der Waals surface area contributed by atoms with Crippen LogP contribution in [0.15, 0.2) is 48.5 Å². The molecule has 0 radical (unpaired) electrons. The molecule has 0 aliphatic heterocycles. The van der Waals surface area contributed by atoms with Crippen molar-refractivity contribution in [3.8, 4) is 0 Å². The summed E-state index contributed by atoms with van der Waals surface area (Å²) < 4.78 is 10.6. The second-order valence-corrected chi connectivity index (χ2v) is 5.54. The number of hydrogen-bond acceptors (Lipinski definition) is 4. The maximum Gasteiger partial charge on any atom is 0.338 e. The van der Waals surface area contributed by atoms with Crippen LogP contribution in [0.1, 0.15) is 51.6 Å². The first-order chi connectivity index (χ1) is 11.6. The van der Waals surface area contributed by atoms with Gasteiger partial charge in [0.05, 0.1) is 17.7 Å². The van der Waals surface area contributed by atoms with Crippen molar-refractivity contribution < 1.29 is 19.1 Å². The lowest BCUT2D eigenvalue weighted by molar-refractivity contribution is 0.0441. The van der Waals surface area contributed by atoms with E-state index in [2.05, 4.69) is 0 Å². The van der Waals surface area contributed by atoms with Crippen molar-refractivity contribution in [1.82, 2.24) is 0 Å². The Morgan fingerprint density at radius 1 is 0.875 bits per heavy atom. The zero-order valence-corrected chi connectivity index (χ0v) is 14.1. The highest BCUT2D eigenvalue weighted by molar-refractivity contribution is 5.92. The molecule has 0 N–H and O–H groups in total. The molecule has 0 atom stereocenters. The van der Waals surface area contributed by atoms with Gasteiger partial charge in [0, 0.05) is 5.56 Å². The van der Waals surface area contributed by atoms with Gasteiger partial charge < -0.3 is 9.47 Å². The van der Waals surface area contributed by atoms with Crippen LogP contribution in [0.2, 0.25) is 0 Å². The van der Waals surface area contributed by atoms with Gasteiger partial charge in [-0.25, -0.2) is 9.59 Å². The third-order valence-corrected chi connectivity index (χ3v) is 3.69. The molecule has 4 nitrogen and oxygen atoms in total. The molecule has 0 aliphatic carbocycles. The van der Waals surface area contributed by atoms with Gasteiger partial charge in [0.2, 0.25) is 0 Å². The molecule has 0 unspecified atom stereocenters. The summed E-state index contributed by atoms with van der Waals surface area (Å²) in [6.45, 7) is 4.32. The van der Waals surface area contributed by atoms with E-state index < -0.39 is 5.97 Å². The molecule has 0 aromatic heterocycles. The molecule has 4 heteroatoms. The molecular weight excluding hydrogens is 304 g/mol. The van der Waals surface area contributed by atoms with Crippen LogP contribution in [0.3, 0.4) is 0 Å². The first-order valence-corrected chi connectivity index (χ1v) is 8.11. The molecular formula is C20H22O4. The zero-order chi connectivity index (χ0) is 17.4. The van der Waals surface area contributed by atoms with Crippen molar-refractivity contribution in [2.75, 3.05) is 6.61 Å². The molecule has 0 saturated carbocycles. The topological polar surface area (TPSA) is 52.6 Å². The number of unbranched alkanes of at least 4 members (excludes halogenated alkanes) is 1. The molecule has 0 saturated heterocycles. The molecule has 0 fully saturated rings. The van der Waals surface area contributed by atoms with Gasteiger partial charge in [-0.1, -0.05) is 49.7 Å². The van der Waals surface area contributed by atoms with Crippen molar-refractivity contribution in [2.45, 2.75) is 33.3 Å². The molecule has 126 valence electrons. The minimum absolute atomic E-state index is 0.0339. The molecule has 2 aromatic carbocycles. The average Bonchev–Trinajstić information content (AvgIpc) is 2.60. The first-order valence-electron chi connectivity index (χ1n) is 8.11. The number of aryl methyl sites for hydroxylation is 1. The Balaban J connectivity index is 2.04. The van der Waals surface area contributed by atoms with E-state index in [-0.39, 0.29) is 12.6 Å². The summed E-state index contributed by atoms with van der Waals surface area (Å²) in [6.07, 6.45) is 1.79. The fraction of sp³-hybridized carbons (Fsp3) is 0.300. The van der Waals surface area contributed by atoms with Crippen LogP contribution in [0.25, 0.3) is 0 Å². The van der Waals surface area contributed by atoms with Gasteiger partial charge in [0.15, 0.2) is 0 Å². The van der Waals surface area contributed by atoms with Crippen LogP contribution in [-0.2, 0) is 16.1 Å². The van der Waals surface area contributed by atoms with Crippen LogP contribution in [-0.4, -0.2) is 18.5 Å². The van der Waals surface area contributed by atoms with Gasteiger partial charge in [-0.3, -0.25) is 0 Å². The zero-order valence-electron chi connectivity index (χ0n) is 14.1. The standard InChI is InChI=1S/C20H22O4/c1-3-4-13-23-20(22)18-12-8-6-10-16(18)14-24-19(21)17-11-7-5-9-15(17)2/h5-12H,3-4,13-14H2,1-2H3. The molecule has 2 rings (SSSR count). The number of carbonyl (C=O) groups excluding carboxylic acids is 2. The number of benzene rings is 2. The highest BCUT2D eigenvalue weighted by Gasteiger charge is 2.15. The van der Waals surface area contributed by atoms with Crippen LogP contribution < -0.4 is 0 Å². The smallest absolute Gasteiger partial charge is 0.338 e. The SMILES string of the molecule is CCCCOC(=O)c1ccccc1COC(=O)c1ccccc1C. The quantitative estimate of drug-likeness (QED) is 0.562. The molecule has 0 bridgehead atoms. The Morgan fingerprint density at radius 2 is 1.50 bits per heavy atom. The largest absolute Gasteiger partial charge is 0.462 e. The Morgan fingerprint density at radius 3 is 2.21 bits per heavy atom. The molecule has 2 aromatic rings. The summed E-state index contributed by atoms with van der Waals surface area (Å²) in [4.78, 5) is 24.3. The summed E-state index contributed by atoms with van der Waals surface area (Å²) in [7, 11) is 0. The highest BCUT2D eigenvalue weighted by Crippen LogP contribution is 2.15. The molecule has 0 amide bonds. The van der Waals surface area contributed by atoms with Crippen LogP contribution in [0.4, 0.5) is 0 Å². The van der Waals surface area contributed by atoms with Crippen molar-refractivity contribution in [1.29, 1.82) is 0 Å². The molecule has 0 aliphatic rings. The van der Waals surface area contributed by atoms with Gasteiger partial charge in [-0.2, -0.15) is 0 Å². The van der Waals surface area contributed by atoms with Gasteiger partial charge in [-0.15, -0.1) is 0 Å². The van der Waals surface area contributed by atoms with Crippen LogP contribution >= 0.6 is 0 Å². The summed E-state index contributed by atoms with van der Waals surface area (Å²) in [6, 6.07) is 14.3. The van der Waals surface area contributed by atoms with Gasteiger partial charge in [0.25, 0.3) is 0 Å². The normalized spacial score (nSPS) is 10.2. The molecule has 0 spiro atoms. The van der Waals surface area contributed by atoms with E-state index in [0.717, 1.165) is 18.4 Å². The number of rotatable bonds is 7. The Labute approximate surface area is 142 Å². The van der Waals surface area contributed by atoms with Gasteiger partial charge >= 0.3 is 11.9 Å². The van der Waals surface area contributed by atoms with E-state index in [0.29, 0.717) is 23.3 Å². The van der Waals surface area contributed by atoms with Crippen molar-refractivity contribution >= 4 is 11.9 Å². The van der Waals surface area contributed by atoms with Crippen molar-refractivity contribution in [3.63, 3.8) is 0 Å². The summed E-state index contributed by atoms with van der Waals surface area (Å²) >= 11 is 0. The monoisotopic (exact) mass is 326 g/mol. The number of esters is 2. The minimum Gasteiger partial charge on any atom is -0.462 e. The summed E-state index contributed by atoms with van der Waals surface area (Å²) in [5.41, 5.74) is 2.46. The molecule has 0 heterocycles. The van der Waals surface area contributed by atoms with E-state index in [1.165, 1.54) is 0 Å². The average molecular weight is 326 g/mol. The lowest BCUT2D eigenvalue weighted by Gasteiger charge is -2.11. The number of carbonyl (C=O) groups is 2. The Bertz CT molecular complexity index is 706. The van der Waals surface area contributed by atoms with Gasteiger partial charge in [0.1, 0.15) is 6.61 Å². The predicted octanol–water partition coefficient (Wildman–Crippen LogP) is 4.31. The lowest BCUT2D eigenvalue weighted by atomic mass is 10.1. The maximum absolute atomic E-state index is 12.2. The maximum atomic E-state index is 12.2. The predicted molar refractivity (Wildman–Crippen MR) is 91.9 cm³/mol. The van der Waals surface area contributed by atoms with E-state index in [1.54, 1.807) is 36.4 Å². The van der Waals surface area contributed by atoms with Crippen LogP contribution in [0.5, 0.6) is 0 Å². The Kier molecular flexibility index (Phi) is 6.55. The van der Waals surface area contributed by atoms with Crippen molar-refractivity contribution in [2.24, 2.45) is 0 Å². The lowest BCUT2D eigenvalue weighted by Crippen LogP contribution is -2.12. The van der Waals surface area contributed by atoms with E-state index in [9.17, 15) is 9.59 Å². The minimum atomic E-state index is -0.401. The van der Waals surface area contributed by atoms with E-state index in [4.69, 9.17) is 9.47 Å². The summed E-state index contributed by atoms with van der Waals surface area (Å²) in [5.74, 6) is -0.784. The van der Waals surface area contributed by atoms with Crippen LogP contribution in [0, 0.1) is 6.92 Å². The third kappa shape index (κ3) is 4.69. The van der Waals surface area contributed by atoms with Gasteiger partial charge in [-0.05, 0) is 31.0 Å². The Hall–Kier alpha value is -2.62. The number of hydrogen-bond donors (Lipinski definition) is 0. The molecule has 24 heavy (non-hydrogen) atoms. The summed E-state index contributed by atoms with van der Waals surface area (Å²) in [5, 5.41) is 0. The van der Waals surface area contributed by atoms with E-state index in [1.807, 2.05) is 26.0 Å². The van der Waals surface area contributed by atoms with E-state index >= 15 is 0 Å². The second kappa shape index (κ2) is 8.87. The second-order valence-electron chi connectivity index (χ2n) is 5.54. The third-order valence-electron chi connectivity index (χ3n) is 3.69. The van der Waals surface area contributed by atoms with Crippen molar-refractivity contribution in [3.05, 3.63) is 70.8 Å². The number of ether oxygens (including phenoxy) is 2.